The van der Waals surface area contributed by atoms with Crippen LogP contribution < -0.4 is 5.32 Å². The zero-order valence-electron chi connectivity index (χ0n) is 17.5. The molecule has 2 heterocycles. The highest BCUT2D eigenvalue weighted by Crippen LogP contribution is 2.16. The van der Waals surface area contributed by atoms with E-state index in [9.17, 15) is 0 Å². The number of benzene rings is 2. The second-order valence-electron chi connectivity index (χ2n) is 7.45. The lowest BCUT2D eigenvalue weighted by atomic mass is 10.1. The SMILES string of the molecule is CCNC(=NCc1cccc(-c2ncn[nH]2)c1)N1CCN(Cc2ccccc2)CC1. The van der Waals surface area contributed by atoms with Crippen LogP contribution in [-0.4, -0.2) is 63.7 Å². The van der Waals surface area contributed by atoms with Crippen LogP contribution in [0.3, 0.4) is 0 Å². The van der Waals surface area contributed by atoms with Crippen LogP contribution in [0.5, 0.6) is 0 Å². The summed E-state index contributed by atoms with van der Waals surface area (Å²) >= 11 is 0. The molecule has 0 atom stereocenters. The monoisotopic (exact) mass is 403 g/mol. The van der Waals surface area contributed by atoms with Crippen molar-refractivity contribution in [3.05, 3.63) is 72.1 Å². The summed E-state index contributed by atoms with van der Waals surface area (Å²) in [4.78, 5) is 14.0. The zero-order valence-corrected chi connectivity index (χ0v) is 17.5. The number of guanidine groups is 1. The van der Waals surface area contributed by atoms with Gasteiger partial charge in [-0.1, -0.05) is 48.5 Å². The van der Waals surface area contributed by atoms with Crippen molar-refractivity contribution in [2.45, 2.75) is 20.0 Å². The van der Waals surface area contributed by atoms with Crippen molar-refractivity contribution in [1.29, 1.82) is 0 Å². The first kappa shape index (κ1) is 20.1. The lowest BCUT2D eigenvalue weighted by Crippen LogP contribution is -2.52. The highest BCUT2D eigenvalue weighted by molar-refractivity contribution is 5.80. The maximum absolute atomic E-state index is 4.91. The maximum atomic E-state index is 4.91. The van der Waals surface area contributed by atoms with Gasteiger partial charge in [0.05, 0.1) is 6.54 Å². The zero-order chi connectivity index (χ0) is 20.6. The molecule has 0 saturated carbocycles. The van der Waals surface area contributed by atoms with Gasteiger partial charge in [0.25, 0.3) is 0 Å². The van der Waals surface area contributed by atoms with Crippen molar-refractivity contribution in [3.63, 3.8) is 0 Å². The average Bonchev–Trinajstić information content (AvgIpc) is 3.33. The summed E-state index contributed by atoms with van der Waals surface area (Å²) in [6, 6.07) is 19.0. The second-order valence-corrected chi connectivity index (χ2v) is 7.45. The van der Waals surface area contributed by atoms with E-state index in [4.69, 9.17) is 4.99 Å². The van der Waals surface area contributed by atoms with E-state index < -0.39 is 0 Å². The molecule has 2 aromatic carbocycles. The Labute approximate surface area is 177 Å². The number of aromatic amines is 1. The summed E-state index contributed by atoms with van der Waals surface area (Å²) in [6.45, 7) is 8.67. The van der Waals surface area contributed by atoms with Gasteiger partial charge in [0, 0.05) is 44.8 Å². The minimum Gasteiger partial charge on any atom is -0.357 e. The normalized spacial score (nSPS) is 15.4. The maximum Gasteiger partial charge on any atom is 0.194 e. The van der Waals surface area contributed by atoms with E-state index in [0.29, 0.717) is 6.54 Å². The predicted molar refractivity (Wildman–Crippen MR) is 120 cm³/mol. The number of nitrogens with one attached hydrogen (secondary N) is 2. The topological polar surface area (TPSA) is 72.4 Å². The Morgan fingerprint density at radius 3 is 2.57 bits per heavy atom. The Balaban J connectivity index is 1.37. The van der Waals surface area contributed by atoms with Crippen LogP contribution in [0.1, 0.15) is 18.1 Å². The Kier molecular flexibility index (Phi) is 6.72. The number of aromatic nitrogens is 3. The van der Waals surface area contributed by atoms with Crippen molar-refractivity contribution in [1.82, 2.24) is 30.3 Å². The summed E-state index contributed by atoms with van der Waals surface area (Å²) in [5, 5.41) is 10.3. The van der Waals surface area contributed by atoms with E-state index in [2.05, 4.69) is 79.7 Å². The van der Waals surface area contributed by atoms with Gasteiger partial charge in [-0.3, -0.25) is 10.00 Å². The van der Waals surface area contributed by atoms with E-state index in [1.165, 1.54) is 11.9 Å². The van der Waals surface area contributed by atoms with E-state index in [0.717, 1.165) is 62.2 Å². The highest BCUT2D eigenvalue weighted by atomic mass is 15.3. The van der Waals surface area contributed by atoms with Crippen LogP contribution in [0.4, 0.5) is 0 Å². The van der Waals surface area contributed by atoms with Crippen LogP contribution in [0.15, 0.2) is 65.9 Å². The van der Waals surface area contributed by atoms with Crippen molar-refractivity contribution in [3.8, 4) is 11.4 Å². The molecule has 0 radical (unpaired) electrons. The Bertz CT molecular complexity index is 929. The summed E-state index contributed by atoms with van der Waals surface area (Å²) in [5.41, 5.74) is 3.56. The number of aliphatic imine (C=N–C) groups is 1. The molecule has 3 aromatic rings. The Morgan fingerprint density at radius 2 is 1.83 bits per heavy atom. The molecule has 1 fully saturated rings. The highest BCUT2D eigenvalue weighted by Gasteiger charge is 2.19. The van der Waals surface area contributed by atoms with Gasteiger partial charge >= 0.3 is 0 Å². The summed E-state index contributed by atoms with van der Waals surface area (Å²) in [6.07, 6.45) is 1.53. The van der Waals surface area contributed by atoms with Gasteiger partial charge in [-0.15, -0.1) is 0 Å². The van der Waals surface area contributed by atoms with E-state index in [1.54, 1.807) is 0 Å². The molecule has 7 heteroatoms. The first-order valence-electron chi connectivity index (χ1n) is 10.6. The molecule has 1 aromatic heterocycles. The first-order valence-corrected chi connectivity index (χ1v) is 10.6. The molecule has 0 spiro atoms. The molecule has 0 amide bonds. The van der Waals surface area contributed by atoms with Gasteiger partial charge in [0.1, 0.15) is 6.33 Å². The molecule has 1 aliphatic rings. The van der Waals surface area contributed by atoms with E-state index in [-0.39, 0.29) is 0 Å². The molecule has 0 aliphatic carbocycles. The van der Waals surface area contributed by atoms with Crippen LogP contribution >= 0.6 is 0 Å². The fourth-order valence-electron chi connectivity index (χ4n) is 3.71. The number of piperazine rings is 1. The fourth-order valence-corrected chi connectivity index (χ4v) is 3.71. The van der Waals surface area contributed by atoms with Crippen molar-refractivity contribution >= 4 is 5.96 Å². The molecular formula is C23H29N7. The first-order chi connectivity index (χ1) is 14.8. The predicted octanol–water partition coefficient (Wildman–Crippen LogP) is 2.76. The quantitative estimate of drug-likeness (QED) is 0.489. The lowest BCUT2D eigenvalue weighted by Gasteiger charge is -2.36. The average molecular weight is 404 g/mol. The summed E-state index contributed by atoms with van der Waals surface area (Å²) in [5.74, 6) is 1.77. The van der Waals surface area contributed by atoms with Crippen LogP contribution in [-0.2, 0) is 13.1 Å². The van der Waals surface area contributed by atoms with Crippen LogP contribution in [0.25, 0.3) is 11.4 Å². The minimum atomic E-state index is 0.633. The third-order valence-corrected chi connectivity index (χ3v) is 5.28. The Hall–Kier alpha value is -3.19. The Morgan fingerprint density at radius 1 is 1.03 bits per heavy atom. The second kappa shape index (κ2) is 10.0. The van der Waals surface area contributed by atoms with Crippen molar-refractivity contribution < 1.29 is 0 Å². The number of hydrogen-bond acceptors (Lipinski definition) is 4. The summed E-state index contributed by atoms with van der Waals surface area (Å²) in [7, 11) is 0. The molecule has 0 bridgehead atoms. The number of nitrogens with zero attached hydrogens (tertiary/aromatic N) is 5. The molecule has 0 unspecified atom stereocenters. The third kappa shape index (κ3) is 5.24. The molecule has 2 N–H and O–H groups in total. The van der Waals surface area contributed by atoms with Crippen molar-refractivity contribution in [2.24, 2.45) is 4.99 Å². The molecule has 30 heavy (non-hydrogen) atoms. The van der Waals surface area contributed by atoms with Gasteiger partial charge in [0.15, 0.2) is 11.8 Å². The fraction of sp³-hybridized carbons (Fsp3) is 0.348. The largest absolute Gasteiger partial charge is 0.357 e. The lowest BCUT2D eigenvalue weighted by molar-refractivity contribution is 0.172. The molecule has 7 nitrogen and oxygen atoms in total. The number of rotatable bonds is 6. The van der Waals surface area contributed by atoms with Gasteiger partial charge < -0.3 is 10.2 Å². The van der Waals surface area contributed by atoms with Gasteiger partial charge in [-0.2, -0.15) is 5.10 Å². The van der Waals surface area contributed by atoms with Crippen LogP contribution in [0.2, 0.25) is 0 Å². The van der Waals surface area contributed by atoms with Gasteiger partial charge in [-0.25, -0.2) is 9.98 Å². The summed E-state index contributed by atoms with van der Waals surface area (Å²) < 4.78 is 0. The third-order valence-electron chi connectivity index (χ3n) is 5.28. The van der Waals surface area contributed by atoms with Crippen molar-refractivity contribution in [2.75, 3.05) is 32.7 Å². The standard InChI is InChI=1S/C23H29N7/c1-2-24-23(25-16-20-9-6-10-21(15-20)22-26-18-27-28-22)30-13-11-29(12-14-30)17-19-7-4-3-5-8-19/h3-10,15,18H,2,11-14,16-17H2,1H3,(H,24,25)(H,26,27,28). The molecule has 4 rings (SSSR count). The smallest absolute Gasteiger partial charge is 0.194 e. The van der Waals surface area contributed by atoms with Gasteiger partial charge in [-0.05, 0) is 24.1 Å². The molecule has 156 valence electrons. The number of H-pyrrole nitrogens is 1. The van der Waals surface area contributed by atoms with E-state index >= 15 is 0 Å². The number of hydrogen-bond donors (Lipinski definition) is 2. The molecule has 1 aliphatic heterocycles. The van der Waals surface area contributed by atoms with E-state index in [1.807, 2.05) is 12.1 Å². The molecular weight excluding hydrogens is 374 g/mol. The van der Waals surface area contributed by atoms with Crippen LogP contribution in [0, 0.1) is 0 Å². The molecule has 1 saturated heterocycles. The van der Waals surface area contributed by atoms with Gasteiger partial charge in [0.2, 0.25) is 0 Å². The minimum absolute atomic E-state index is 0.633.